The number of morpholine rings is 1. The van der Waals surface area contributed by atoms with E-state index >= 15 is 0 Å². The molecule has 1 unspecified atom stereocenters. The fraction of sp³-hybridized carbons (Fsp3) is 0.438. The van der Waals surface area contributed by atoms with Gasteiger partial charge in [0, 0.05) is 30.3 Å². The van der Waals surface area contributed by atoms with Crippen LogP contribution in [0.15, 0.2) is 18.2 Å². The fourth-order valence-electron chi connectivity index (χ4n) is 2.54. The van der Waals surface area contributed by atoms with Crippen LogP contribution >= 0.6 is 0 Å². The molecule has 1 aromatic heterocycles. The number of hydrogen-bond acceptors (Lipinski definition) is 5. The molecule has 0 bridgehead atoms. The number of nitrogens with one attached hydrogen (secondary N) is 3. The Hall–Kier alpha value is -2.25. The summed E-state index contributed by atoms with van der Waals surface area (Å²) in [5.41, 5.74) is 2.66. The zero-order valence-corrected chi connectivity index (χ0v) is 13.3. The molecule has 1 atom stereocenters. The van der Waals surface area contributed by atoms with Gasteiger partial charge in [-0.2, -0.15) is 5.10 Å². The van der Waals surface area contributed by atoms with Gasteiger partial charge in [0.05, 0.1) is 13.2 Å². The largest absolute Gasteiger partial charge is 0.378 e. The summed E-state index contributed by atoms with van der Waals surface area (Å²) in [4.78, 5) is 16.6. The first-order chi connectivity index (χ1) is 11.1. The number of nitrogens with zero attached hydrogens (tertiary/aromatic N) is 2. The van der Waals surface area contributed by atoms with Crippen LogP contribution in [0.1, 0.15) is 17.8 Å². The van der Waals surface area contributed by atoms with Crippen LogP contribution in [0.2, 0.25) is 0 Å². The highest BCUT2D eigenvalue weighted by molar-refractivity contribution is 5.92. The highest BCUT2D eigenvalue weighted by atomic mass is 16.5. The highest BCUT2D eigenvalue weighted by Crippen LogP contribution is 2.23. The molecule has 1 aromatic carbocycles. The number of ether oxygens (including phenoxy) is 1. The number of benzene rings is 1. The number of aromatic nitrogens is 3. The molecule has 2 aromatic rings. The lowest BCUT2D eigenvalue weighted by Crippen LogP contribution is -2.43. The van der Waals surface area contributed by atoms with E-state index in [0.29, 0.717) is 25.5 Å². The summed E-state index contributed by atoms with van der Waals surface area (Å²) in [7, 11) is 0. The zero-order valence-electron chi connectivity index (χ0n) is 13.3. The Balaban J connectivity index is 1.70. The van der Waals surface area contributed by atoms with Crippen molar-refractivity contribution >= 4 is 11.6 Å². The number of anilines is 1. The first-order valence-electron chi connectivity index (χ1n) is 7.73. The number of rotatable bonds is 4. The average molecular weight is 315 g/mol. The molecule has 2 heterocycles. The third kappa shape index (κ3) is 3.94. The van der Waals surface area contributed by atoms with Gasteiger partial charge in [-0.25, -0.2) is 4.98 Å². The molecule has 122 valence electrons. The summed E-state index contributed by atoms with van der Waals surface area (Å²) in [6, 6.07) is 5.88. The summed E-state index contributed by atoms with van der Waals surface area (Å²) in [5.74, 6) is 1.36. The minimum Gasteiger partial charge on any atom is -0.378 e. The van der Waals surface area contributed by atoms with Gasteiger partial charge in [0.1, 0.15) is 5.82 Å². The molecule has 1 saturated heterocycles. The number of carbonyl (C=O) groups is 1. The van der Waals surface area contributed by atoms with Gasteiger partial charge in [-0.15, -0.1) is 0 Å². The van der Waals surface area contributed by atoms with E-state index in [9.17, 15) is 4.79 Å². The second-order valence-corrected chi connectivity index (χ2v) is 5.75. The van der Waals surface area contributed by atoms with Gasteiger partial charge in [0.2, 0.25) is 5.91 Å². The SMILES string of the molecule is Cc1nc(-c2ccc(C)c(NC(=O)CC3COCCN3)c2)n[nH]1. The van der Waals surface area contributed by atoms with Gasteiger partial charge < -0.3 is 15.4 Å². The van der Waals surface area contributed by atoms with Crippen molar-refractivity contribution in [2.75, 3.05) is 25.1 Å². The van der Waals surface area contributed by atoms with E-state index in [1.165, 1.54) is 0 Å². The molecule has 3 rings (SSSR count). The predicted octanol–water partition coefficient (Wildman–Crippen LogP) is 1.41. The summed E-state index contributed by atoms with van der Waals surface area (Å²) < 4.78 is 5.37. The number of hydrogen-bond donors (Lipinski definition) is 3. The maximum atomic E-state index is 12.2. The van der Waals surface area contributed by atoms with Crippen molar-refractivity contribution in [2.45, 2.75) is 26.3 Å². The van der Waals surface area contributed by atoms with E-state index in [4.69, 9.17) is 4.74 Å². The Morgan fingerprint density at radius 1 is 1.43 bits per heavy atom. The van der Waals surface area contributed by atoms with Crippen molar-refractivity contribution in [2.24, 2.45) is 0 Å². The quantitative estimate of drug-likeness (QED) is 0.793. The molecule has 1 aliphatic rings. The van der Waals surface area contributed by atoms with Crippen molar-refractivity contribution in [3.8, 4) is 11.4 Å². The lowest BCUT2D eigenvalue weighted by molar-refractivity contribution is -0.117. The van der Waals surface area contributed by atoms with Crippen LogP contribution in [0, 0.1) is 13.8 Å². The summed E-state index contributed by atoms with van der Waals surface area (Å²) in [6.45, 7) is 5.88. The van der Waals surface area contributed by atoms with Crippen molar-refractivity contribution in [3.63, 3.8) is 0 Å². The van der Waals surface area contributed by atoms with Gasteiger partial charge in [-0.1, -0.05) is 12.1 Å². The molecular formula is C16H21N5O2. The number of aryl methyl sites for hydroxylation is 2. The van der Waals surface area contributed by atoms with Gasteiger partial charge in [0.25, 0.3) is 0 Å². The zero-order chi connectivity index (χ0) is 16.2. The van der Waals surface area contributed by atoms with E-state index in [1.54, 1.807) is 0 Å². The molecule has 7 nitrogen and oxygen atoms in total. The summed E-state index contributed by atoms with van der Waals surface area (Å²) in [6.07, 6.45) is 0.392. The van der Waals surface area contributed by atoms with Crippen molar-refractivity contribution in [3.05, 3.63) is 29.6 Å². The Bertz CT molecular complexity index is 692. The number of aromatic amines is 1. The Labute approximate surface area is 134 Å². The van der Waals surface area contributed by atoms with Crippen LogP contribution in [0.4, 0.5) is 5.69 Å². The van der Waals surface area contributed by atoms with Crippen molar-refractivity contribution in [1.82, 2.24) is 20.5 Å². The topological polar surface area (TPSA) is 91.9 Å². The lowest BCUT2D eigenvalue weighted by Gasteiger charge is -2.23. The molecule has 3 N–H and O–H groups in total. The Kier molecular flexibility index (Phi) is 4.68. The van der Waals surface area contributed by atoms with E-state index in [2.05, 4.69) is 25.8 Å². The van der Waals surface area contributed by atoms with Gasteiger partial charge in [-0.05, 0) is 25.5 Å². The molecule has 1 fully saturated rings. The Morgan fingerprint density at radius 2 is 2.30 bits per heavy atom. The second-order valence-electron chi connectivity index (χ2n) is 5.75. The van der Waals surface area contributed by atoms with Crippen LogP contribution in [0.25, 0.3) is 11.4 Å². The van der Waals surface area contributed by atoms with Crippen LogP contribution < -0.4 is 10.6 Å². The third-order valence-electron chi connectivity index (χ3n) is 3.80. The molecular weight excluding hydrogens is 294 g/mol. The monoisotopic (exact) mass is 315 g/mol. The van der Waals surface area contributed by atoms with Gasteiger partial charge >= 0.3 is 0 Å². The van der Waals surface area contributed by atoms with Gasteiger partial charge in [0.15, 0.2) is 5.82 Å². The number of amides is 1. The molecule has 23 heavy (non-hydrogen) atoms. The molecule has 0 aliphatic carbocycles. The smallest absolute Gasteiger partial charge is 0.226 e. The van der Waals surface area contributed by atoms with Crippen LogP contribution in [0.5, 0.6) is 0 Å². The third-order valence-corrected chi connectivity index (χ3v) is 3.80. The molecule has 0 saturated carbocycles. The number of H-pyrrole nitrogens is 1. The average Bonchev–Trinajstić information content (AvgIpc) is 2.97. The highest BCUT2D eigenvalue weighted by Gasteiger charge is 2.17. The molecule has 1 amide bonds. The van der Waals surface area contributed by atoms with Gasteiger partial charge in [-0.3, -0.25) is 9.89 Å². The first-order valence-corrected chi connectivity index (χ1v) is 7.73. The maximum Gasteiger partial charge on any atom is 0.226 e. The van der Waals surface area contributed by atoms with E-state index < -0.39 is 0 Å². The molecule has 0 spiro atoms. The van der Waals surface area contributed by atoms with E-state index in [0.717, 1.165) is 29.2 Å². The second kappa shape index (κ2) is 6.89. The normalized spacial score (nSPS) is 17.9. The fourth-order valence-corrected chi connectivity index (χ4v) is 2.54. The predicted molar refractivity (Wildman–Crippen MR) is 87.1 cm³/mol. The van der Waals surface area contributed by atoms with Crippen LogP contribution in [-0.4, -0.2) is 46.9 Å². The summed E-state index contributed by atoms with van der Waals surface area (Å²) in [5, 5.41) is 13.2. The van der Waals surface area contributed by atoms with Crippen LogP contribution in [0.3, 0.4) is 0 Å². The molecule has 7 heteroatoms. The molecule has 1 aliphatic heterocycles. The van der Waals surface area contributed by atoms with E-state index in [-0.39, 0.29) is 11.9 Å². The van der Waals surface area contributed by atoms with Crippen molar-refractivity contribution in [1.29, 1.82) is 0 Å². The van der Waals surface area contributed by atoms with Crippen LogP contribution in [-0.2, 0) is 9.53 Å². The van der Waals surface area contributed by atoms with E-state index in [1.807, 2.05) is 32.0 Å². The lowest BCUT2D eigenvalue weighted by atomic mass is 10.1. The maximum absolute atomic E-state index is 12.2. The molecule has 0 radical (unpaired) electrons. The Morgan fingerprint density at radius 3 is 3.00 bits per heavy atom. The minimum atomic E-state index is -0.0283. The summed E-state index contributed by atoms with van der Waals surface area (Å²) >= 11 is 0. The van der Waals surface area contributed by atoms with Crippen molar-refractivity contribution < 1.29 is 9.53 Å². The minimum absolute atomic E-state index is 0.0283. The number of carbonyl (C=O) groups excluding carboxylic acids is 1. The standard InChI is InChI=1S/C16H21N5O2/c1-10-3-4-12(16-18-11(2)20-21-16)7-14(10)19-15(22)8-13-9-23-6-5-17-13/h3-4,7,13,17H,5-6,8-9H2,1-2H3,(H,19,22)(H,18,20,21). The first kappa shape index (κ1) is 15.6.